The molecule has 7 heteroatoms. The molecule has 1 aromatic rings. The average Bonchev–Trinajstić information content (AvgIpc) is 2.99. The smallest absolute Gasteiger partial charge is 0.315 e. The van der Waals surface area contributed by atoms with Crippen LogP contribution in [-0.4, -0.2) is 44.2 Å². The maximum Gasteiger partial charge on any atom is 0.315 e. The Kier molecular flexibility index (Phi) is 6.52. The Morgan fingerprint density at radius 1 is 1.35 bits per heavy atom. The van der Waals surface area contributed by atoms with Crippen LogP contribution in [0.15, 0.2) is 24.3 Å². The first kappa shape index (κ1) is 17.4. The molecule has 1 aliphatic heterocycles. The van der Waals surface area contributed by atoms with Crippen molar-refractivity contribution < 1.29 is 9.59 Å². The third kappa shape index (κ3) is 5.63. The number of hydrogen-bond donors (Lipinski definition) is 3. The van der Waals surface area contributed by atoms with Gasteiger partial charge in [0.1, 0.15) is 0 Å². The van der Waals surface area contributed by atoms with Gasteiger partial charge in [0.25, 0.3) is 0 Å². The molecule has 1 aromatic carbocycles. The summed E-state index contributed by atoms with van der Waals surface area (Å²) < 4.78 is 0. The molecule has 2 rings (SSSR count). The maximum absolute atomic E-state index is 11.8. The molecule has 1 saturated heterocycles. The van der Waals surface area contributed by atoms with E-state index in [9.17, 15) is 9.59 Å². The van der Waals surface area contributed by atoms with Crippen molar-refractivity contribution in [3.63, 3.8) is 0 Å². The van der Waals surface area contributed by atoms with Gasteiger partial charge in [-0.25, -0.2) is 4.79 Å². The van der Waals surface area contributed by atoms with Gasteiger partial charge in [0, 0.05) is 36.4 Å². The van der Waals surface area contributed by atoms with Crippen LogP contribution in [0.5, 0.6) is 0 Å². The van der Waals surface area contributed by atoms with E-state index in [1.807, 2.05) is 31.2 Å². The summed E-state index contributed by atoms with van der Waals surface area (Å²) in [6, 6.07) is 7.44. The van der Waals surface area contributed by atoms with Crippen LogP contribution < -0.4 is 20.9 Å². The molecular formula is C16H23ClN4O2. The minimum absolute atomic E-state index is 0.00341. The normalized spacial score (nSPS) is 17.0. The van der Waals surface area contributed by atoms with Crippen molar-refractivity contribution >= 4 is 29.2 Å². The minimum Gasteiger partial charge on any atom is -0.369 e. The molecule has 1 heterocycles. The molecule has 0 aliphatic carbocycles. The van der Waals surface area contributed by atoms with Gasteiger partial charge in [-0.2, -0.15) is 0 Å². The Bertz CT molecular complexity index is 553. The van der Waals surface area contributed by atoms with Gasteiger partial charge in [-0.3, -0.25) is 4.79 Å². The third-order valence-corrected chi connectivity index (χ3v) is 3.91. The van der Waals surface area contributed by atoms with Gasteiger partial charge in [-0.05, 0) is 31.0 Å². The van der Waals surface area contributed by atoms with E-state index in [0.717, 1.165) is 31.6 Å². The van der Waals surface area contributed by atoms with Crippen LogP contribution in [-0.2, 0) is 4.79 Å². The highest BCUT2D eigenvalue weighted by atomic mass is 35.5. The first-order chi connectivity index (χ1) is 11.1. The summed E-state index contributed by atoms with van der Waals surface area (Å²) in [6.07, 6.45) is 1.74. The number of halogens is 1. The van der Waals surface area contributed by atoms with Crippen LogP contribution in [0.1, 0.15) is 19.8 Å². The highest BCUT2D eigenvalue weighted by Crippen LogP contribution is 2.23. The lowest BCUT2D eigenvalue weighted by molar-refractivity contribution is -0.120. The van der Waals surface area contributed by atoms with Crippen LogP contribution >= 0.6 is 11.6 Å². The highest BCUT2D eigenvalue weighted by Gasteiger charge is 2.24. The number of benzene rings is 1. The summed E-state index contributed by atoms with van der Waals surface area (Å²) in [6.45, 7) is 4.19. The Hall–Kier alpha value is -1.95. The van der Waals surface area contributed by atoms with Gasteiger partial charge in [-0.15, -0.1) is 0 Å². The molecule has 1 aliphatic rings. The van der Waals surface area contributed by atoms with E-state index < -0.39 is 0 Å². The first-order valence-corrected chi connectivity index (χ1v) is 8.28. The third-order valence-electron chi connectivity index (χ3n) is 3.68. The van der Waals surface area contributed by atoms with E-state index >= 15 is 0 Å². The molecular weight excluding hydrogens is 316 g/mol. The van der Waals surface area contributed by atoms with Crippen LogP contribution in [0.3, 0.4) is 0 Å². The fourth-order valence-electron chi connectivity index (χ4n) is 2.51. The summed E-state index contributed by atoms with van der Waals surface area (Å²) in [4.78, 5) is 25.5. The van der Waals surface area contributed by atoms with Crippen LogP contribution in [0.25, 0.3) is 0 Å². The van der Waals surface area contributed by atoms with Gasteiger partial charge >= 0.3 is 6.03 Å². The molecule has 0 bridgehead atoms. The molecule has 6 nitrogen and oxygen atoms in total. The Morgan fingerprint density at radius 3 is 2.91 bits per heavy atom. The first-order valence-electron chi connectivity index (χ1n) is 7.90. The van der Waals surface area contributed by atoms with E-state index in [1.54, 1.807) is 0 Å². The van der Waals surface area contributed by atoms with Crippen molar-refractivity contribution in [2.45, 2.75) is 25.8 Å². The van der Waals surface area contributed by atoms with Crippen molar-refractivity contribution in [1.82, 2.24) is 16.0 Å². The number of nitrogens with one attached hydrogen (secondary N) is 3. The summed E-state index contributed by atoms with van der Waals surface area (Å²) in [5.41, 5.74) is 1.06. The highest BCUT2D eigenvalue weighted by molar-refractivity contribution is 6.30. The molecule has 126 valence electrons. The summed E-state index contributed by atoms with van der Waals surface area (Å²) in [5.74, 6) is -0.172. The average molecular weight is 339 g/mol. The van der Waals surface area contributed by atoms with Gasteiger partial charge in [0.05, 0.1) is 6.54 Å². The van der Waals surface area contributed by atoms with Crippen LogP contribution in [0.4, 0.5) is 10.5 Å². The number of carbonyl (C=O) groups is 2. The predicted molar refractivity (Wildman–Crippen MR) is 91.9 cm³/mol. The quantitative estimate of drug-likeness (QED) is 0.739. The molecule has 1 fully saturated rings. The SMILES string of the molecule is CCCNC(=O)CNC(=O)N[C@H]1CCN(c2cccc(Cl)c2)C1. The lowest BCUT2D eigenvalue weighted by atomic mass is 10.3. The number of carbonyl (C=O) groups excluding carboxylic acids is 2. The molecule has 3 N–H and O–H groups in total. The zero-order valence-electron chi connectivity index (χ0n) is 13.3. The Labute approximate surface area is 141 Å². The predicted octanol–water partition coefficient (Wildman–Crippen LogP) is 1.74. The number of nitrogens with zero attached hydrogens (tertiary/aromatic N) is 1. The van der Waals surface area contributed by atoms with Gasteiger partial charge in [-0.1, -0.05) is 24.6 Å². The maximum atomic E-state index is 11.8. The summed E-state index contributed by atoms with van der Waals surface area (Å²) >= 11 is 6.01. The molecule has 0 radical (unpaired) electrons. The number of rotatable bonds is 6. The fraction of sp³-hybridized carbons (Fsp3) is 0.500. The number of urea groups is 1. The number of amides is 3. The lowest BCUT2D eigenvalue weighted by Crippen LogP contribution is -2.46. The van der Waals surface area contributed by atoms with Gasteiger partial charge in [0.2, 0.25) is 5.91 Å². The standard InChI is InChI=1S/C16H23ClN4O2/c1-2-7-18-15(22)10-19-16(23)20-13-6-8-21(11-13)14-5-3-4-12(17)9-14/h3-5,9,13H,2,6-8,10-11H2,1H3,(H,18,22)(H2,19,20,23)/t13-/m0/s1. The monoisotopic (exact) mass is 338 g/mol. The van der Waals surface area contributed by atoms with E-state index in [1.165, 1.54) is 0 Å². The number of hydrogen-bond acceptors (Lipinski definition) is 3. The second kappa shape index (κ2) is 8.62. The molecule has 0 unspecified atom stereocenters. The van der Waals surface area contributed by atoms with E-state index in [2.05, 4.69) is 20.9 Å². The molecule has 0 aromatic heterocycles. The van der Waals surface area contributed by atoms with Crippen LogP contribution in [0.2, 0.25) is 5.02 Å². The van der Waals surface area contributed by atoms with Crippen molar-refractivity contribution in [2.75, 3.05) is 31.1 Å². The van der Waals surface area contributed by atoms with E-state index in [-0.39, 0.29) is 24.5 Å². The fourth-order valence-corrected chi connectivity index (χ4v) is 2.69. The molecule has 23 heavy (non-hydrogen) atoms. The second-order valence-electron chi connectivity index (χ2n) is 5.59. The molecule has 1 atom stereocenters. The van der Waals surface area contributed by atoms with Crippen molar-refractivity contribution in [3.8, 4) is 0 Å². The molecule has 3 amide bonds. The zero-order valence-corrected chi connectivity index (χ0v) is 14.0. The van der Waals surface area contributed by atoms with Gasteiger partial charge in [0.15, 0.2) is 0 Å². The molecule has 0 saturated carbocycles. The Morgan fingerprint density at radius 2 is 2.17 bits per heavy atom. The van der Waals surface area contributed by atoms with Crippen molar-refractivity contribution in [1.29, 1.82) is 0 Å². The second-order valence-corrected chi connectivity index (χ2v) is 6.02. The van der Waals surface area contributed by atoms with E-state index in [4.69, 9.17) is 11.6 Å². The lowest BCUT2D eigenvalue weighted by Gasteiger charge is -2.19. The topological polar surface area (TPSA) is 73.5 Å². The number of anilines is 1. The van der Waals surface area contributed by atoms with E-state index in [0.29, 0.717) is 11.6 Å². The van der Waals surface area contributed by atoms with Crippen molar-refractivity contribution in [3.05, 3.63) is 29.3 Å². The van der Waals surface area contributed by atoms with Crippen LogP contribution in [0, 0.1) is 0 Å². The Balaban J connectivity index is 1.72. The summed E-state index contributed by atoms with van der Waals surface area (Å²) in [5, 5.41) is 8.90. The van der Waals surface area contributed by atoms with Crippen molar-refractivity contribution in [2.24, 2.45) is 0 Å². The minimum atomic E-state index is -0.311. The summed E-state index contributed by atoms with van der Waals surface area (Å²) in [7, 11) is 0. The largest absolute Gasteiger partial charge is 0.369 e. The zero-order chi connectivity index (χ0) is 16.7. The van der Waals surface area contributed by atoms with Gasteiger partial charge < -0.3 is 20.9 Å². The molecule has 0 spiro atoms.